The molecule has 0 heterocycles. The van der Waals surface area contributed by atoms with Gasteiger partial charge < -0.3 is 14.8 Å². The van der Waals surface area contributed by atoms with Gasteiger partial charge in [-0.05, 0) is 34.2 Å². The van der Waals surface area contributed by atoms with Crippen molar-refractivity contribution in [1.29, 1.82) is 0 Å². The molecule has 0 aliphatic heterocycles. The number of likely N-dealkylation sites (N-methyl/N-ethyl adjacent to an activating group) is 1. The molecule has 0 fully saturated rings. The normalized spacial score (nSPS) is 16.3. The topological polar surface area (TPSA) is 47.6 Å². The summed E-state index contributed by atoms with van der Waals surface area (Å²) in [5, 5.41) is 3.03. The minimum Gasteiger partial charge on any atom is -0.465 e. The summed E-state index contributed by atoms with van der Waals surface area (Å²) in [7, 11) is 1.77. The Morgan fingerprint density at radius 1 is 1.41 bits per heavy atom. The van der Waals surface area contributed by atoms with Crippen LogP contribution >= 0.6 is 0 Å². The molecule has 0 radical (unpaired) electrons. The molecule has 0 saturated heterocycles. The van der Waals surface area contributed by atoms with Gasteiger partial charge in [0.2, 0.25) is 0 Å². The third kappa shape index (κ3) is 6.03. The largest absolute Gasteiger partial charge is 0.465 e. The second-order valence-corrected chi connectivity index (χ2v) is 4.54. The van der Waals surface area contributed by atoms with Crippen LogP contribution in [0.15, 0.2) is 0 Å². The number of rotatable bonds is 9. The summed E-state index contributed by atoms with van der Waals surface area (Å²) in [6, 6.07) is 0. The van der Waals surface area contributed by atoms with E-state index in [4.69, 9.17) is 9.47 Å². The molecule has 102 valence electrons. The first-order valence-electron chi connectivity index (χ1n) is 6.47. The van der Waals surface area contributed by atoms with Crippen LogP contribution in [0.4, 0.5) is 0 Å². The van der Waals surface area contributed by atoms with Gasteiger partial charge in [-0.25, -0.2) is 0 Å². The molecule has 0 bridgehead atoms. The van der Waals surface area contributed by atoms with Gasteiger partial charge in [0.25, 0.3) is 0 Å². The molecule has 4 heteroatoms. The molecule has 17 heavy (non-hydrogen) atoms. The maximum Gasteiger partial charge on any atom is 0.326 e. The number of hydrogen-bond donors (Lipinski definition) is 1. The van der Waals surface area contributed by atoms with E-state index in [1.807, 2.05) is 20.8 Å². The SMILES string of the molecule is CCCCOC(C)CC(C)(NC)C(=O)OCC. The van der Waals surface area contributed by atoms with E-state index in [0.717, 1.165) is 19.4 Å². The number of esters is 1. The van der Waals surface area contributed by atoms with Crippen LogP contribution in [0.25, 0.3) is 0 Å². The quantitative estimate of drug-likeness (QED) is 0.499. The Morgan fingerprint density at radius 3 is 2.53 bits per heavy atom. The van der Waals surface area contributed by atoms with Crippen LogP contribution in [0.1, 0.15) is 47.0 Å². The lowest BCUT2D eigenvalue weighted by Gasteiger charge is -2.29. The number of nitrogens with one attached hydrogen (secondary N) is 1. The van der Waals surface area contributed by atoms with Crippen molar-refractivity contribution in [2.24, 2.45) is 0 Å². The molecule has 0 aromatic heterocycles. The van der Waals surface area contributed by atoms with E-state index in [9.17, 15) is 4.79 Å². The molecule has 1 N–H and O–H groups in total. The first kappa shape index (κ1) is 16.4. The Hall–Kier alpha value is -0.610. The molecule has 0 rings (SSSR count). The molecule has 0 amide bonds. The van der Waals surface area contributed by atoms with E-state index in [-0.39, 0.29) is 12.1 Å². The average Bonchev–Trinajstić information content (AvgIpc) is 2.29. The highest BCUT2D eigenvalue weighted by Crippen LogP contribution is 2.16. The van der Waals surface area contributed by atoms with Crippen molar-refractivity contribution in [3.8, 4) is 0 Å². The fourth-order valence-corrected chi connectivity index (χ4v) is 1.64. The summed E-state index contributed by atoms with van der Waals surface area (Å²) in [6.07, 6.45) is 2.84. The highest BCUT2D eigenvalue weighted by atomic mass is 16.5. The van der Waals surface area contributed by atoms with E-state index in [1.165, 1.54) is 0 Å². The summed E-state index contributed by atoms with van der Waals surface area (Å²) in [5.41, 5.74) is -0.665. The van der Waals surface area contributed by atoms with Gasteiger partial charge in [0, 0.05) is 13.0 Å². The van der Waals surface area contributed by atoms with Gasteiger partial charge in [0.05, 0.1) is 12.7 Å². The van der Waals surface area contributed by atoms with Crippen molar-refractivity contribution in [2.75, 3.05) is 20.3 Å². The standard InChI is InChI=1S/C13H27NO3/c1-6-8-9-17-11(3)10-13(4,14-5)12(15)16-7-2/h11,14H,6-10H2,1-5H3. The lowest BCUT2D eigenvalue weighted by Crippen LogP contribution is -2.50. The maximum atomic E-state index is 11.8. The Labute approximate surface area is 105 Å². The van der Waals surface area contributed by atoms with Crippen LogP contribution in [-0.4, -0.2) is 37.9 Å². The van der Waals surface area contributed by atoms with Crippen LogP contribution in [0.5, 0.6) is 0 Å². The fraction of sp³-hybridized carbons (Fsp3) is 0.923. The molecular formula is C13H27NO3. The second-order valence-electron chi connectivity index (χ2n) is 4.54. The van der Waals surface area contributed by atoms with E-state index < -0.39 is 5.54 Å². The minimum atomic E-state index is -0.665. The van der Waals surface area contributed by atoms with Gasteiger partial charge in [-0.2, -0.15) is 0 Å². The van der Waals surface area contributed by atoms with Gasteiger partial charge in [-0.15, -0.1) is 0 Å². The van der Waals surface area contributed by atoms with Crippen molar-refractivity contribution >= 4 is 5.97 Å². The molecule has 0 aliphatic carbocycles. The number of unbranched alkanes of at least 4 members (excludes halogenated alkanes) is 1. The monoisotopic (exact) mass is 245 g/mol. The van der Waals surface area contributed by atoms with Gasteiger partial charge in [0.1, 0.15) is 5.54 Å². The summed E-state index contributed by atoms with van der Waals surface area (Å²) >= 11 is 0. The first-order valence-corrected chi connectivity index (χ1v) is 6.47. The zero-order valence-corrected chi connectivity index (χ0v) is 11.8. The van der Waals surface area contributed by atoms with Crippen LogP contribution in [0.2, 0.25) is 0 Å². The van der Waals surface area contributed by atoms with E-state index in [0.29, 0.717) is 13.0 Å². The molecular weight excluding hydrogens is 218 g/mol. The minimum absolute atomic E-state index is 0.0448. The van der Waals surface area contributed by atoms with Crippen LogP contribution in [-0.2, 0) is 14.3 Å². The van der Waals surface area contributed by atoms with Crippen LogP contribution < -0.4 is 5.32 Å². The molecule has 0 aliphatic rings. The summed E-state index contributed by atoms with van der Waals surface area (Å²) in [6.45, 7) is 8.94. The Morgan fingerprint density at radius 2 is 2.06 bits per heavy atom. The predicted molar refractivity (Wildman–Crippen MR) is 69.0 cm³/mol. The van der Waals surface area contributed by atoms with Gasteiger partial charge >= 0.3 is 5.97 Å². The van der Waals surface area contributed by atoms with Crippen molar-refractivity contribution in [3.63, 3.8) is 0 Å². The van der Waals surface area contributed by atoms with Crippen LogP contribution in [0, 0.1) is 0 Å². The van der Waals surface area contributed by atoms with E-state index >= 15 is 0 Å². The summed E-state index contributed by atoms with van der Waals surface area (Å²) in [4.78, 5) is 11.8. The van der Waals surface area contributed by atoms with Crippen molar-refractivity contribution in [3.05, 3.63) is 0 Å². The average molecular weight is 245 g/mol. The number of carbonyl (C=O) groups excluding carboxylic acids is 1. The molecule has 2 unspecified atom stereocenters. The molecule has 0 aromatic rings. The second kappa shape index (κ2) is 8.48. The zero-order chi connectivity index (χ0) is 13.3. The third-order valence-electron chi connectivity index (χ3n) is 2.87. The summed E-state index contributed by atoms with van der Waals surface area (Å²) < 4.78 is 10.7. The third-order valence-corrected chi connectivity index (χ3v) is 2.87. The van der Waals surface area contributed by atoms with E-state index in [2.05, 4.69) is 12.2 Å². The lowest BCUT2D eigenvalue weighted by molar-refractivity contribution is -0.152. The Balaban J connectivity index is 4.21. The predicted octanol–water partition coefficient (Wildman–Crippen LogP) is 2.12. The molecule has 2 atom stereocenters. The van der Waals surface area contributed by atoms with Gasteiger partial charge in [-0.3, -0.25) is 4.79 Å². The highest BCUT2D eigenvalue weighted by molar-refractivity contribution is 5.80. The molecule has 0 saturated carbocycles. The molecule has 0 aromatic carbocycles. The van der Waals surface area contributed by atoms with Crippen molar-refractivity contribution < 1.29 is 14.3 Å². The number of ether oxygens (including phenoxy) is 2. The Kier molecular flexibility index (Phi) is 8.17. The summed E-state index contributed by atoms with van der Waals surface area (Å²) in [5.74, 6) is -0.214. The van der Waals surface area contributed by atoms with Gasteiger partial charge in [0.15, 0.2) is 0 Å². The smallest absolute Gasteiger partial charge is 0.326 e. The number of carbonyl (C=O) groups is 1. The first-order chi connectivity index (χ1) is 8.00. The van der Waals surface area contributed by atoms with Crippen molar-refractivity contribution in [1.82, 2.24) is 5.32 Å². The fourth-order valence-electron chi connectivity index (χ4n) is 1.64. The number of hydrogen-bond acceptors (Lipinski definition) is 4. The van der Waals surface area contributed by atoms with E-state index in [1.54, 1.807) is 7.05 Å². The zero-order valence-electron chi connectivity index (χ0n) is 11.8. The lowest BCUT2D eigenvalue weighted by atomic mass is 9.95. The van der Waals surface area contributed by atoms with Crippen molar-refractivity contribution in [2.45, 2.75) is 58.6 Å². The maximum absolute atomic E-state index is 11.8. The molecule has 0 spiro atoms. The Bertz CT molecular complexity index is 221. The highest BCUT2D eigenvalue weighted by Gasteiger charge is 2.34. The molecule has 4 nitrogen and oxygen atoms in total. The van der Waals surface area contributed by atoms with Gasteiger partial charge in [-0.1, -0.05) is 13.3 Å². The van der Waals surface area contributed by atoms with Crippen LogP contribution in [0.3, 0.4) is 0 Å².